The van der Waals surface area contributed by atoms with Crippen LogP contribution in [-0.2, 0) is 15.1 Å². The molecule has 0 bridgehead atoms. The predicted octanol–water partition coefficient (Wildman–Crippen LogP) is 3.05. The maximum atomic E-state index is 10.2. The average Bonchev–Trinajstić information content (AvgIpc) is 3.19. The molecule has 1 saturated carbocycles. The number of hydrogen-bond donors (Lipinski definition) is 0. The predicted molar refractivity (Wildman–Crippen MR) is 73.5 cm³/mol. The lowest BCUT2D eigenvalue weighted by Crippen LogP contribution is -2.01. The highest BCUT2D eigenvalue weighted by molar-refractivity contribution is 5.41. The molecule has 0 heterocycles. The molecule has 0 atom stereocenters. The van der Waals surface area contributed by atoms with Gasteiger partial charge in [0.25, 0.3) is 0 Å². The second-order valence-electron chi connectivity index (χ2n) is 4.57. The van der Waals surface area contributed by atoms with Crippen molar-refractivity contribution < 1.29 is 9.59 Å². The summed E-state index contributed by atoms with van der Waals surface area (Å²) in [6.45, 7) is 4.62. The van der Waals surface area contributed by atoms with Crippen LogP contribution in [0.25, 0.3) is 0 Å². The Morgan fingerprint density at radius 2 is 1.79 bits per heavy atom. The SMILES string of the molecule is CCCN=C=O.Cc1ccc(C2(N=C=O)CC2)cc1. The Balaban J connectivity index is 0.000000258. The van der Waals surface area contributed by atoms with Crippen LogP contribution in [0.4, 0.5) is 0 Å². The number of isocyanates is 2. The van der Waals surface area contributed by atoms with Crippen LogP contribution in [-0.4, -0.2) is 18.7 Å². The molecule has 0 radical (unpaired) electrons. The molecule has 1 aliphatic carbocycles. The van der Waals surface area contributed by atoms with E-state index in [0.29, 0.717) is 6.54 Å². The minimum Gasteiger partial charge on any atom is -0.211 e. The van der Waals surface area contributed by atoms with Gasteiger partial charge in [0.05, 0.1) is 12.1 Å². The van der Waals surface area contributed by atoms with Crippen molar-refractivity contribution in [1.82, 2.24) is 0 Å². The van der Waals surface area contributed by atoms with E-state index in [2.05, 4.69) is 22.1 Å². The van der Waals surface area contributed by atoms with Gasteiger partial charge in [-0.15, -0.1) is 0 Å². The highest BCUT2D eigenvalue weighted by atomic mass is 16.1. The van der Waals surface area contributed by atoms with E-state index in [1.807, 2.05) is 26.0 Å². The Labute approximate surface area is 113 Å². The van der Waals surface area contributed by atoms with Gasteiger partial charge in [0.2, 0.25) is 12.2 Å². The van der Waals surface area contributed by atoms with Crippen molar-refractivity contribution in [2.24, 2.45) is 9.98 Å². The molecule has 0 aromatic heterocycles. The molecule has 1 aromatic carbocycles. The third kappa shape index (κ3) is 4.63. The van der Waals surface area contributed by atoms with Gasteiger partial charge in [-0.1, -0.05) is 36.8 Å². The van der Waals surface area contributed by atoms with Crippen molar-refractivity contribution in [2.75, 3.05) is 6.54 Å². The summed E-state index contributed by atoms with van der Waals surface area (Å²) in [7, 11) is 0. The maximum Gasteiger partial charge on any atom is 0.235 e. The second kappa shape index (κ2) is 7.42. The topological polar surface area (TPSA) is 58.9 Å². The van der Waals surface area contributed by atoms with Crippen LogP contribution in [0.3, 0.4) is 0 Å². The van der Waals surface area contributed by atoms with E-state index in [0.717, 1.165) is 24.8 Å². The number of carbonyl (C=O) groups excluding carboxylic acids is 2. The lowest BCUT2D eigenvalue weighted by molar-refractivity contribution is 0.556. The van der Waals surface area contributed by atoms with Crippen LogP contribution < -0.4 is 0 Å². The summed E-state index contributed by atoms with van der Waals surface area (Å²) < 4.78 is 0. The molecule has 0 saturated heterocycles. The van der Waals surface area contributed by atoms with Crippen molar-refractivity contribution in [1.29, 1.82) is 0 Å². The third-order valence-electron chi connectivity index (χ3n) is 2.97. The van der Waals surface area contributed by atoms with Gasteiger partial charge in [-0.05, 0) is 31.7 Å². The molecule has 0 spiro atoms. The fourth-order valence-corrected chi connectivity index (χ4v) is 1.69. The van der Waals surface area contributed by atoms with E-state index in [1.165, 1.54) is 11.6 Å². The molecule has 1 fully saturated rings. The first-order valence-corrected chi connectivity index (χ1v) is 6.38. The summed E-state index contributed by atoms with van der Waals surface area (Å²) >= 11 is 0. The van der Waals surface area contributed by atoms with Gasteiger partial charge in [0, 0.05) is 0 Å². The number of aliphatic imine (C=N–C) groups is 2. The fraction of sp³-hybridized carbons (Fsp3) is 0.467. The largest absolute Gasteiger partial charge is 0.235 e. The highest BCUT2D eigenvalue weighted by Gasteiger charge is 2.44. The molecule has 0 aliphatic heterocycles. The number of benzene rings is 1. The molecule has 0 amide bonds. The number of hydrogen-bond acceptors (Lipinski definition) is 4. The standard InChI is InChI=1S/C11H11NO.C4H7NO/c1-9-2-4-10(5-3-9)11(6-7-11)12-8-13;1-2-3-5-4-6/h2-5H,6-7H2,1H3;2-3H2,1H3. The van der Waals surface area contributed by atoms with Gasteiger partial charge in [0.1, 0.15) is 0 Å². The van der Waals surface area contributed by atoms with Crippen molar-refractivity contribution in [3.63, 3.8) is 0 Å². The molecule has 1 aliphatic rings. The van der Waals surface area contributed by atoms with E-state index in [-0.39, 0.29) is 5.54 Å². The van der Waals surface area contributed by atoms with Crippen LogP contribution in [0.5, 0.6) is 0 Å². The van der Waals surface area contributed by atoms with Gasteiger partial charge in [-0.3, -0.25) is 0 Å². The molecule has 100 valence electrons. The zero-order chi connectivity index (χ0) is 14.1. The van der Waals surface area contributed by atoms with Crippen LogP contribution in [0.1, 0.15) is 37.3 Å². The molecule has 19 heavy (non-hydrogen) atoms. The number of nitrogens with zero attached hydrogens (tertiary/aromatic N) is 2. The van der Waals surface area contributed by atoms with E-state index in [9.17, 15) is 9.59 Å². The zero-order valence-electron chi connectivity index (χ0n) is 11.3. The minimum atomic E-state index is -0.213. The Morgan fingerprint density at radius 1 is 1.16 bits per heavy atom. The van der Waals surface area contributed by atoms with Crippen LogP contribution in [0.2, 0.25) is 0 Å². The summed E-state index contributed by atoms with van der Waals surface area (Å²) in [5, 5.41) is 0. The number of rotatable bonds is 4. The van der Waals surface area contributed by atoms with E-state index < -0.39 is 0 Å². The lowest BCUT2D eigenvalue weighted by Gasteiger charge is -2.07. The summed E-state index contributed by atoms with van der Waals surface area (Å²) in [6, 6.07) is 8.19. The summed E-state index contributed by atoms with van der Waals surface area (Å²) in [5.74, 6) is 0. The molecular formula is C15H18N2O2. The van der Waals surface area contributed by atoms with Gasteiger partial charge < -0.3 is 0 Å². The fourth-order valence-electron chi connectivity index (χ4n) is 1.69. The molecule has 1 aromatic rings. The Hall–Kier alpha value is -2.02. The normalized spacial score (nSPS) is 14.2. The first kappa shape index (κ1) is 15.0. The Morgan fingerprint density at radius 3 is 2.16 bits per heavy atom. The summed E-state index contributed by atoms with van der Waals surface area (Å²) in [5.41, 5.74) is 2.16. The van der Waals surface area contributed by atoms with Gasteiger partial charge in [-0.2, -0.15) is 4.99 Å². The van der Waals surface area contributed by atoms with E-state index in [1.54, 1.807) is 6.08 Å². The van der Waals surface area contributed by atoms with Crippen LogP contribution in [0, 0.1) is 6.92 Å². The maximum absolute atomic E-state index is 10.2. The molecule has 4 heteroatoms. The third-order valence-corrected chi connectivity index (χ3v) is 2.97. The zero-order valence-corrected chi connectivity index (χ0v) is 11.3. The molecule has 4 nitrogen and oxygen atoms in total. The summed E-state index contributed by atoms with van der Waals surface area (Å²) in [6.07, 6.45) is 5.98. The van der Waals surface area contributed by atoms with Crippen molar-refractivity contribution in [2.45, 2.75) is 38.6 Å². The average molecular weight is 258 g/mol. The molecule has 2 rings (SSSR count). The highest BCUT2D eigenvalue weighted by Crippen LogP contribution is 2.49. The first-order valence-electron chi connectivity index (χ1n) is 6.38. The van der Waals surface area contributed by atoms with Gasteiger partial charge in [-0.25, -0.2) is 14.6 Å². The molecule has 0 N–H and O–H groups in total. The molecule has 0 unspecified atom stereocenters. The van der Waals surface area contributed by atoms with Gasteiger partial charge >= 0.3 is 0 Å². The number of aryl methyl sites for hydroxylation is 1. The minimum absolute atomic E-state index is 0.213. The smallest absolute Gasteiger partial charge is 0.211 e. The van der Waals surface area contributed by atoms with Crippen molar-refractivity contribution in [3.05, 3.63) is 35.4 Å². The monoisotopic (exact) mass is 258 g/mol. The van der Waals surface area contributed by atoms with Gasteiger partial charge in [0.15, 0.2) is 0 Å². The van der Waals surface area contributed by atoms with E-state index in [4.69, 9.17) is 0 Å². The second-order valence-corrected chi connectivity index (χ2v) is 4.57. The first-order chi connectivity index (χ1) is 9.18. The van der Waals surface area contributed by atoms with Crippen LogP contribution in [0.15, 0.2) is 34.3 Å². The lowest BCUT2D eigenvalue weighted by atomic mass is 10.0. The van der Waals surface area contributed by atoms with E-state index >= 15 is 0 Å². The Kier molecular flexibility index (Phi) is 5.87. The summed E-state index contributed by atoms with van der Waals surface area (Å²) in [4.78, 5) is 26.6. The Bertz CT molecular complexity index is 491. The van der Waals surface area contributed by atoms with Crippen LogP contribution >= 0.6 is 0 Å². The van der Waals surface area contributed by atoms with Crippen molar-refractivity contribution in [3.8, 4) is 0 Å². The quantitative estimate of drug-likeness (QED) is 0.615. The molecular weight excluding hydrogens is 240 g/mol. The van der Waals surface area contributed by atoms with Crippen molar-refractivity contribution >= 4 is 12.2 Å².